The van der Waals surface area contributed by atoms with E-state index in [-0.39, 0.29) is 17.8 Å². The predicted octanol–water partition coefficient (Wildman–Crippen LogP) is 4.89. The smallest absolute Gasteiger partial charge is 0.251 e. The highest BCUT2D eigenvalue weighted by molar-refractivity contribution is 5.94. The van der Waals surface area contributed by atoms with E-state index in [1.54, 1.807) is 18.4 Å². The van der Waals surface area contributed by atoms with Crippen LogP contribution in [0.25, 0.3) is 0 Å². The number of amides is 1. The van der Waals surface area contributed by atoms with Crippen LogP contribution in [-0.4, -0.2) is 50.1 Å². The van der Waals surface area contributed by atoms with Gasteiger partial charge in [-0.2, -0.15) is 0 Å². The second kappa shape index (κ2) is 11.7. The number of furan rings is 1. The van der Waals surface area contributed by atoms with Crippen molar-refractivity contribution in [2.75, 3.05) is 44.2 Å². The van der Waals surface area contributed by atoms with E-state index in [2.05, 4.69) is 22.0 Å². The number of unbranched alkanes of at least 4 members (excludes halogenated alkanes) is 1. The number of piperazine rings is 1. The van der Waals surface area contributed by atoms with E-state index in [0.29, 0.717) is 18.7 Å². The summed E-state index contributed by atoms with van der Waals surface area (Å²) in [6, 6.07) is 17.6. The highest BCUT2D eigenvalue weighted by atomic mass is 19.1. The van der Waals surface area contributed by atoms with Crippen molar-refractivity contribution in [3.05, 3.63) is 84.1 Å². The van der Waals surface area contributed by atoms with E-state index in [0.717, 1.165) is 56.2 Å². The topological polar surface area (TPSA) is 58.0 Å². The van der Waals surface area contributed by atoms with E-state index < -0.39 is 0 Å². The van der Waals surface area contributed by atoms with Crippen LogP contribution in [0.5, 0.6) is 5.75 Å². The molecule has 1 aliphatic heterocycles. The van der Waals surface area contributed by atoms with Crippen molar-refractivity contribution < 1.29 is 18.3 Å². The minimum absolute atomic E-state index is 0.0639. The number of anilines is 1. The van der Waals surface area contributed by atoms with Crippen molar-refractivity contribution in [3.63, 3.8) is 0 Å². The van der Waals surface area contributed by atoms with Gasteiger partial charge in [0.1, 0.15) is 17.3 Å². The number of ether oxygens (including phenoxy) is 1. The van der Waals surface area contributed by atoms with Crippen molar-refractivity contribution in [1.29, 1.82) is 0 Å². The molecule has 0 spiro atoms. The number of hydrogen-bond acceptors (Lipinski definition) is 5. The van der Waals surface area contributed by atoms with E-state index in [1.807, 2.05) is 36.4 Å². The van der Waals surface area contributed by atoms with Gasteiger partial charge in [-0.05, 0) is 67.1 Å². The Morgan fingerprint density at radius 1 is 1.06 bits per heavy atom. The van der Waals surface area contributed by atoms with E-state index >= 15 is 0 Å². The average Bonchev–Trinajstić information content (AvgIpc) is 3.40. The summed E-state index contributed by atoms with van der Waals surface area (Å²) in [6.07, 6.45) is 3.75. The Kier molecular flexibility index (Phi) is 8.20. The fourth-order valence-corrected chi connectivity index (χ4v) is 4.16. The van der Waals surface area contributed by atoms with Gasteiger partial charge in [-0.1, -0.05) is 13.3 Å². The number of carbonyl (C=O) groups excluding carboxylic acids is 1. The number of benzene rings is 2. The molecule has 2 heterocycles. The fourth-order valence-electron chi connectivity index (χ4n) is 4.16. The van der Waals surface area contributed by atoms with Gasteiger partial charge in [0.15, 0.2) is 0 Å². The molecule has 0 saturated carbocycles. The summed E-state index contributed by atoms with van der Waals surface area (Å²) >= 11 is 0. The lowest BCUT2D eigenvalue weighted by atomic mass is 10.1. The van der Waals surface area contributed by atoms with Crippen LogP contribution in [0.4, 0.5) is 10.1 Å². The highest BCUT2D eigenvalue weighted by Crippen LogP contribution is 2.25. The molecule has 1 unspecified atom stereocenters. The van der Waals surface area contributed by atoms with Gasteiger partial charge < -0.3 is 19.4 Å². The quantitative estimate of drug-likeness (QED) is 0.432. The van der Waals surface area contributed by atoms with Gasteiger partial charge >= 0.3 is 0 Å². The number of nitrogens with zero attached hydrogens (tertiary/aromatic N) is 2. The predicted molar refractivity (Wildman–Crippen MR) is 131 cm³/mol. The first-order chi connectivity index (χ1) is 16.6. The van der Waals surface area contributed by atoms with Crippen molar-refractivity contribution in [1.82, 2.24) is 10.2 Å². The van der Waals surface area contributed by atoms with E-state index in [9.17, 15) is 9.18 Å². The Bertz CT molecular complexity index is 1010. The lowest BCUT2D eigenvalue weighted by Gasteiger charge is -2.39. The minimum atomic E-state index is -0.227. The molecule has 6 nitrogen and oxygen atoms in total. The first-order valence-electron chi connectivity index (χ1n) is 11.9. The van der Waals surface area contributed by atoms with Crippen LogP contribution in [0.1, 0.15) is 41.9 Å². The Hall–Kier alpha value is -3.32. The Labute approximate surface area is 200 Å². The Morgan fingerprint density at radius 2 is 1.79 bits per heavy atom. The van der Waals surface area contributed by atoms with Crippen molar-refractivity contribution in [2.45, 2.75) is 25.8 Å². The minimum Gasteiger partial charge on any atom is -0.494 e. The van der Waals surface area contributed by atoms with Gasteiger partial charge in [0, 0.05) is 44.0 Å². The van der Waals surface area contributed by atoms with Gasteiger partial charge in [-0.15, -0.1) is 0 Å². The molecule has 34 heavy (non-hydrogen) atoms. The lowest BCUT2D eigenvalue weighted by Crippen LogP contribution is -2.49. The SMILES string of the molecule is CCCCOc1ccc(C(=O)NCC(c2ccco2)N2CCN(c3ccc(F)cc3)CC2)cc1. The molecule has 0 aliphatic carbocycles. The second-order valence-electron chi connectivity index (χ2n) is 8.47. The number of carbonyl (C=O) groups is 1. The average molecular weight is 466 g/mol. The molecule has 1 saturated heterocycles. The summed E-state index contributed by atoms with van der Waals surface area (Å²) < 4.78 is 24.6. The summed E-state index contributed by atoms with van der Waals surface area (Å²) in [5.41, 5.74) is 1.62. The number of nitrogens with one attached hydrogen (secondary N) is 1. The summed E-state index contributed by atoms with van der Waals surface area (Å²) in [6.45, 7) is 6.49. The first-order valence-corrected chi connectivity index (χ1v) is 11.9. The summed E-state index contributed by atoms with van der Waals surface area (Å²) in [7, 11) is 0. The van der Waals surface area contributed by atoms with Crippen LogP contribution >= 0.6 is 0 Å². The Balaban J connectivity index is 1.34. The fraction of sp³-hybridized carbons (Fsp3) is 0.370. The summed E-state index contributed by atoms with van der Waals surface area (Å²) in [5, 5.41) is 3.07. The molecule has 1 atom stereocenters. The van der Waals surface area contributed by atoms with Gasteiger partial charge in [0.25, 0.3) is 5.91 Å². The number of halogens is 1. The largest absolute Gasteiger partial charge is 0.494 e. The van der Waals surface area contributed by atoms with E-state index in [1.165, 1.54) is 12.1 Å². The van der Waals surface area contributed by atoms with Gasteiger partial charge in [-0.25, -0.2) is 4.39 Å². The summed E-state index contributed by atoms with van der Waals surface area (Å²) in [5.74, 6) is 1.25. The molecule has 4 rings (SSSR count). The molecule has 180 valence electrons. The maximum absolute atomic E-state index is 13.3. The van der Waals surface area contributed by atoms with Crippen LogP contribution in [0.2, 0.25) is 0 Å². The van der Waals surface area contributed by atoms with Crippen LogP contribution in [0, 0.1) is 5.82 Å². The molecule has 0 radical (unpaired) electrons. The molecule has 1 fully saturated rings. The third kappa shape index (κ3) is 6.17. The maximum atomic E-state index is 13.3. The second-order valence-corrected chi connectivity index (χ2v) is 8.47. The number of hydrogen-bond donors (Lipinski definition) is 1. The highest BCUT2D eigenvalue weighted by Gasteiger charge is 2.27. The van der Waals surface area contributed by atoms with Crippen LogP contribution in [-0.2, 0) is 0 Å². The molecule has 1 N–H and O–H groups in total. The summed E-state index contributed by atoms with van der Waals surface area (Å²) in [4.78, 5) is 17.4. The molecule has 1 aliphatic rings. The van der Waals surface area contributed by atoms with Gasteiger partial charge in [0.05, 0.1) is 18.9 Å². The third-order valence-corrected chi connectivity index (χ3v) is 6.16. The molecule has 3 aromatic rings. The maximum Gasteiger partial charge on any atom is 0.251 e. The normalized spacial score (nSPS) is 15.2. The zero-order valence-electron chi connectivity index (χ0n) is 19.6. The zero-order valence-corrected chi connectivity index (χ0v) is 19.6. The van der Waals surface area contributed by atoms with E-state index in [4.69, 9.17) is 9.15 Å². The van der Waals surface area contributed by atoms with Crippen molar-refractivity contribution in [3.8, 4) is 5.75 Å². The molecular weight excluding hydrogens is 433 g/mol. The molecule has 7 heteroatoms. The standard InChI is InChI=1S/C27H32FN3O3/c1-2-3-18-33-24-12-6-21(7-13-24)27(32)29-20-25(26-5-4-19-34-26)31-16-14-30(15-17-31)23-10-8-22(28)9-11-23/h4-13,19,25H,2-3,14-18,20H2,1H3,(H,29,32). The lowest BCUT2D eigenvalue weighted by molar-refractivity contribution is 0.0923. The third-order valence-electron chi connectivity index (χ3n) is 6.16. The molecule has 1 aromatic heterocycles. The molecule has 1 amide bonds. The Morgan fingerprint density at radius 3 is 2.44 bits per heavy atom. The molecule has 0 bridgehead atoms. The van der Waals surface area contributed by atoms with Gasteiger partial charge in [-0.3, -0.25) is 9.69 Å². The van der Waals surface area contributed by atoms with Crippen LogP contribution in [0.3, 0.4) is 0 Å². The monoisotopic (exact) mass is 465 g/mol. The number of rotatable bonds is 10. The van der Waals surface area contributed by atoms with Crippen LogP contribution in [0.15, 0.2) is 71.3 Å². The van der Waals surface area contributed by atoms with Crippen LogP contribution < -0.4 is 15.0 Å². The van der Waals surface area contributed by atoms with Gasteiger partial charge in [0.2, 0.25) is 0 Å². The van der Waals surface area contributed by atoms with Crippen molar-refractivity contribution in [2.24, 2.45) is 0 Å². The van der Waals surface area contributed by atoms with Crippen molar-refractivity contribution >= 4 is 11.6 Å². The molecule has 2 aromatic carbocycles. The first kappa shape index (κ1) is 23.8. The zero-order chi connectivity index (χ0) is 23.8. The molecular formula is C27H32FN3O3.